The van der Waals surface area contributed by atoms with Crippen LogP contribution in [0.5, 0.6) is 0 Å². The lowest BCUT2D eigenvalue weighted by molar-refractivity contribution is 0.172. The normalized spacial score (nSPS) is 35.4. The second-order valence-corrected chi connectivity index (χ2v) is 5.62. The van der Waals surface area contributed by atoms with Crippen LogP contribution in [0, 0.1) is 17.2 Å². The molecule has 0 aromatic rings. The van der Waals surface area contributed by atoms with Crippen molar-refractivity contribution in [3.63, 3.8) is 0 Å². The lowest BCUT2D eigenvalue weighted by Crippen LogP contribution is -2.60. The molecule has 1 heterocycles. The van der Waals surface area contributed by atoms with Crippen LogP contribution in [0.25, 0.3) is 0 Å². The fourth-order valence-corrected chi connectivity index (χ4v) is 3.41. The SMILES string of the molecule is CCC1CNCCC1(C#N)NC1CCCCC1. The van der Waals surface area contributed by atoms with Crippen molar-refractivity contribution < 1.29 is 0 Å². The van der Waals surface area contributed by atoms with Gasteiger partial charge in [-0.15, -0.1) is 0 Å². The van der Waals surface area contributed by atoms with Crippen molar-refractivity contribution >= 4 is 0 Å². The molecule has 0 radical (unpaired) electrons. The molecule has 2 aliphatic rings. The molecule has 0 aromatic heterocycles. The van der Waals surface area contributed by atoms with Crippen LogP contribution in [0.4, 0.5) is 0 Å². The third kappa shape index (κ3) is 2.81. The Morgan fingerprint density at radius 1 is 1.35 bits per heavy atom. The highest BCUT2D eigenvalue weighted by Gasteiger charge is 2.41. The number of piperidine rings is 1. The molecule has 1 aliphatic carbocycles. The van der Waals surface area contributed by atoms with Crippen molar-refractivity contribution in [2.75, 3.05) is 13.1 Å². The molecule has 1 saturated heterocycles. The minimum atomic E-state index is -0.262. The lowest BCUT2D eigenvalue weighted by Gasteiger charge is -2.42. The van der Waals surface area contributed by atoms with Gasteiger partial charge in [0.1, 0.15) is 5.54 Å². The van der Waals surface area contributed by atoms with Crippen LogP contribution < -0.4 is 10.6 Å². The van der Waals surface area contributed by atoms with E-state index in [-0.39, 0.29) is 5.54 Å². The molecule has 1 aliphatic heterocycles. The molecule has 0 amide bonds. The van der Waals surface area contributed by atoms with Gasteiger partial charge in [0.2, 0.25) is 0 Å². The van der Waals surface area contributed by atoms with E-state index in [2.05, 4.69) is 23.6 Å². The summed E-state index contributed by atoms with van der Waals surface area (Å²) < 4.78 is 0. The number of hydrogen-bond acceptors (Lipinski definition) is 3. The summed E-state index contributed by atoms with van der Waals surface area (Å²) in [5, 5.41) is 16.8. The first-order valence-corrected chi connectivity index (χ1v) is 7.20. The van der Waals surface area contributed by atoms with Gasteiger partial charge in [0.05, 0.1) is 6.07 Å². The predicted molar refractivity (Wildman–Crippen MR) is 69.6 cm³/mol. The van der Waals surface area contributed by atoms with Gasteiger partial charge >= 0.3 is 0 Å². The quantitative estimate of drug-likeness (QED) is 0.788. The fraction of sp³-hybridized carbons (Fsp3) is 0.929. The zero-order chi connectivity index (χ0) is 12.1. The topological polar surface area (TPSA) is 47.9 Å². The molecule has 0 aromatic carbocycles. The van der Waals surface area contributed by atoms with Crippen LogP contribution in [0.2, 0.25) is 0 Å². The molecule has 17 heavy (non-hydrogen) atoms. The summed E-state index contributed by atoms with van der Waals surface area (Å²) in [4.78, 5) is 0. The van der Waals surface area contributed by atoms with Crippen molar-refractivity contribution in [2.45, 2.75) is 63.5 Å². The third-order valence-electron chi connectivity index (χ3n) is 4.54. The van der Waals surface area contributed by atoms with Gasteiger partial charge < -0.3 is 5.32 Å². The molecule has 2 fully saturated rings. The largest absolute Gasteiger partial charge is 0.316 e. The first kappa shape index (κ1) is 12.9. The second-order valence-electron chi connectivity index (χ2n) is 5.62. The number of rotatable bonds is 3. The minimum absolute atomic E-state index is 0.262. The highest BCUT2D eigenvalue weighted by molar-refractivity contribution is 5.14. The van der Waals surface area contributed by atoms with E-state index in [4.69, 9.17) is 0 Å². The number of nitriles is 1. The van der Waals surface area contributed by atoms with Gasteiger partial charge in [-0.25, -0.2) is 0 Å². The molecule has 96 valence electrons. The molecular weight excluding hydrogens is 210 g/mol. The smallest absolute Gasteiger partial charge is 0.112 e. The number of hydrogen-bond donors (Lipinski definition) is 2. The van der Waals surface area contributed by atoms with E-state index in [1.165, 1.54) is 32.1 Å². The van der Waals surface area contributed by atoms with Crippen LogP contribution >= 0.6 is 0 Å². The third-order valence-corrected chi connectivity index (χ3v) is 4.54. The van der Waals surface area contributed by atoms with Crippen LogP contribution in [-0.2, 0) is 0 Å². The molecule has 0 spiro atoms. The molecule has 2 rings (SSSR count). The molecule has 2 N–H and O–H groups in total. The maximum Gasteiger partial charge on any atom is 0.112 e. The van der Waals surface area contributed by atoms with E-state index in [0.29, 0.717) is 12.0 Å². The Morgan fingerprint density at radius 3 is 2.76 bits per heavy atom. The Labute approximate surface area is 105 Å². The Morgan fingerprint density at radius 2 is 2.12 bits per heavy atom. The van der Waals surface area contributed by atoms with Gasteiger partial charge in [-0.3, -0.25) is 5.32 Å². The van der Waals surface area contributed by atoms with Crippen molar-refractivity contribution in [2.24, 2.45) is 5.92 Å². The van der Waals surface area contributed by atoms with Gasteiger partial charge in [0.25, 0.3) is 0 Å². The molecule has 1 saturated carbocycles. The average molecular weight is 235 g/mol. The van der Waals surface area contributed by atoms with Crippen molar-refractivity contribution in [1.29, 1.82) is 5.26 Å². The van der Waals surface area contributed by atoms with Gasteiger partial charge in [-0.2, -0.15) is 5.26 Å². The molecule has 2 unspecified atom stereocenters. The van der Waals surface area contributed by atoms with E-state index in [1.54, 1.807) is 0 Å². The second kappa shape index (κ2) is 5.84. The fourth-order valence-electron chi connectivity index (χ4n) is 3.41. The lowest BCUT2D eigenvalue weighted by atomic mass is 9.76. The summed E-state index contributed by atoms with van der Waals surface area (Å²) in [6.07, 6.45) is 8.58. The van der Waals surface area contributed by atoms with Crippen molar-refractivity contribution in [3.05, 3.63) is 0 Å². The zero-order valence-electron chi connectivity index (χ0n) is 11.0. The summed E-state index contributed by atoms with van der Waals surface area (Å²) in [6, 6.07) is 3.19. The maximum atomic E-state index is 9.63. The highest BCUT2D eigenvalue weighted by Crippen LogP contribution is 2.29. The van der Waals surface area contributed by atoms with Gasteiger partial charge in [0.15, 0.2) is 0 Å². The molecule has 2 atom stereocenters. The van der Waals surface area contributed by atoms with E-state index >= 15 is 0 Å². The molecule has 0 bridgehead atoms. The van der Waals surface area contributed by atoms with Crippen LogP contribution in [0.3, 0.4) is 0 Å². The van der Waals surface area contributed by atoms with Gasteiger partial charge in [-0.05, 0) is 32.2 Å². The summed E-state index contributed by atoms with van der Waals surface area (Å²) in [7, 11) is 0. The zero-order valence-corrected chi connectivity index (χ0v) is 11.0. The standard InChI is InChI=1S/C14H25N3/c1-2-12-10-16-9-8-14(12,11-15)17-13-6-4-3-5-7-13/h12-13,16-17H,2-10H2,1H3. The Balaban J connectivity index is 2.03. The highest BCUT2D eigenvalue weighted by atomic mass is 15.1. The summed E-state index contributed by atoms with van der Waals surface area (Å²) in [5.41, 5.74) is -0.262. The van der Waals surface area contributed by atoms with Gasteiger partial charge in [-0.1, -0.05) is 26.2 Å². The van der Waals surface area contributed by atoms with Crippen LogP contribution in [-0.4, -0.2) is 24.7 Å². The van der Waals surface area contributed by atoms with Crippen LogP contribution in [0.15, 0.2) is 0 Å². The first-order chi connectivity index (χ1) is 8.30. The van der Waals surface area contributed by atoms with E-state index < -0.39 is 0 Å². The monoisotopic (exact) mass is 235 g/mol. The number of nitrogens with zero attached hydrogens (tertiary/aromatic N) is 1. The Kier molecular flexibility index (Phi) is 4.42. The van der Waals surface area contributed by atoms with E-state index in [9.17, 15) is 5.26 Å². The molecular formula is C14H25N3. The van der Waals surface area contributed by atoms with Crippen molar-refractivity contribution in [1.82, 2.24) is 10.6 Å². The summed E-state index contributed by atoms with van der Waals surface area (Å²) >= 11 is 0. The average Bonchev–Trinajstić information content (AvgIpc) is 2.40. The summed E-state index contributed by atoms with van der Waals surface area (Å²) in [5.74, 6) is 0.461. The number of nitrogens with one attached hydrogen (secondary N) is 2. The Bertz CT molecular complexity index is 278. The molecule has 3 nitrogen and oxygen atoms in total. The first-order valence-electron chi connectivity index (χ1n) is 7.20. The minimum Gasteiger partial charge on any atom is -0.316 e. The maximum absolute atomic E-state index is 9.63. The predicted octanol–water partition coefficient (Wildman–Crippen LogP) is 2.19. The van der Waals surface area contributed by atoms with Crippen molar-refractivity contribution in [3.8, 4) is 6.07 Å². The van der Waals surface area contributed by atoms with Gasteiger partial charge in [0, 0.05) is 18.5 Å². The van der Waals surface area contributed by atoms with Crippen LogP contribution in [0.1, 0.15) is 51.9 Å². The van der Waals surface area contributed by atoms with E-state index in [1.807, 2.05) is 0 Å². The molecule has 3 heteroatoms. The van der Waals surface area contributed by atoms with E-state index in [0.717, 1.165) is 25.9 Å². The Hall–Kier alpha value is -0.590. The summed E-state index contributed by atoms with van der Waals surface area (Å²) in [6.45, 7) is 4.17.